The van der Waals surface area contributed by atoms with Crippen LogP contribution in [0.3, 0.4) is 0 Å². The Bertz CT molecular complexity index is 442. The number of rotatable bonds is 5. The Balaban J connectivity index is 1.61. The molecular weight excluding hydrogens is 246 g/mol. The largest absolute Gasteiger partial charge is 0.493 e. The highest BCUT2D eigenvalue weighted by Crippen LogP contribution is 2.35. The molecular formula is C15H20ClNO. The molecule has 1 unspecified atom stereocenters. The average molecular weight is 266 g/mol. The summed E-state index contributed by atoms with van der Waals surface area (Å²) in [7, 11) is 0. The number of fused-ring (bicyclic) bond motifs is 1. The van der Waals surface area contributed by atoms with Crippen molar-refractivity contribution in [2.24, 2.45) is 11.7 Å². The normalized spacial score (nSPS) is 19.4. The number of hydrogen-bond acceptors (Lipinski definition) is 2. The van der Waals surface area contributed by atoms with E-state index in [2.05, 4.69) is 0 Å². The van der Waals surface area contributed by atoms with Crippen LogP contribution in [0.1, 0.15) is 36.8 Å². The van der Waals surface area contributed by atoms with Gasteiger partial charge in [0.1, 0.15) is 5.75 Å². The van der Waals surface area contributed by atoms with Crippen LogP contribution in [-0.4, -0.2) is 12.6 Å². The molecule has 1 aromatic rings. The summed E-state index contributed by atoms with van der Waals surface area (Å²) >= 11 is 6.15. The van der Waals surface area contributed by atoms with Crippen molar-refractivity contribution in [1.29, 1.82) is 0 Å². The summed E-state index contributed by atoms with van der Waals surface area (Å²) in [5.41, 5.74) is 8.66. The molecule has 2 nitrogen and oxygen atoms in total. The molecule has 1 aliphatic carbocycles. The lowest BCUT2D eigenvalue weighted by molar-refractivity contribution is 0.352. The Hall–Kier alpha value is -0.730. The van der Waals surface area contributed by atoms with Gasteiger partial charge in [0.2, 0.25) is 0 Å². The molecule has 1 aliphatic heterocycles. The third-order valence-corrected chi connectivity index (χ3v) is 4.25. The predicted octanol–water partition coefficient (Wildman–Crippen LogP) is 3.33. The van der Waals surface area contributed by atoms with Gasteiger partial charge in [-0.25, -0.2) is 0 Å². The summed E-state index contributed by atoms with van der Waals surface area (Å²) in [6.45, 7) is 0.796. The maximum atomic E-state index is 6.15. The van der Waals surface area contributed by atoms with Crippen molar-refractivity contribution in [3.63, 3.8) is 0 Å². The van der Waals surface area contributed by atoms with Crippen molar-refractivity contribution in [2.75, 3.05) is 6.61 Å². The molecule has 3 heteroatoms. The Morgan fingerprint density at radius 1 is 1.39 bits per heavy atom. The summed E-state index contributed by atoms with van der Waals surface area (Å²) in [4.78, 5) is 0. The van der Waals surface area contributed by atoms with Crippen LogP contribution in [0.5, 0.6) is 5.75 Å². The second kappa shape index (κ2) is 5.10. The van der Waals surface area contributed by atoms with E-state index in [1.165, 1.54) is 24.0 Å². The van der Waals surface area contributed by atoms with Gasteiger partial charge in [0.05, 0.1) is 6.61 Å². The lowest BCUT2D eigenvalue weighted by atomic mass is 10.00. The minimum absolute atomic E-state index is 0.401. The zero-order valence-corrected chi connectivity index (χ0v) is 11.4. The maximum Gasteiger partial charge on any atom is 0.125 e. The Labute approximate surface area is 113 Å². The molecule has 1 saturated carbocycles. The Kier molecular flexibility index (Phi) is 3.49. The highest BCUT2D eigenvalue weighted by atomic mass is 35.5. The van der Waals surface area contributed by atoms with Crippen molar-refractivity contribution in [2.45, 2.75) is 44.6 Å². The zero-order valence-electron chi connectivity index (χ0n) is 10.6. The molecule has 1 atom stereocenters. The Morgan fingerprint density at radius 3 is 3.00 bits per heavy atom. The molecule has 2 N–H and O–H groups in total. The van der Waals surface area contributed by atoms with E-state index >= 15 is 0 Å². The molecule has 98 valence electrons. The predicted molar refractivity (Wildman–Crippen MR) is 74.3 cm³/mol. The molecule has 2 aliphatic rings. The molecule has 18 heavy (non-hydrogen) atoms. The average Bonchev–Trinajstić information content (AvgIpc) is 3.08. The molecule has 0 radical (unpaired) electrons. The summed E-state index contributed by atoms with van der Waals surface area (Å²) in [6.07, 6.45) is 6.93. The quantitative estimate of drug-likeness (QED) is 0.886. The number of nitrogens with two attached hydrogens (primary N) is 1. The van der Waals surface area contributed by atoms with E-state index < -0.39 is 0 Å². The fourth-order valence-corrected chi connectivity index (χ4v) is 3.08. The van der Waals surface area contributed by atoms with Crippen LogP contribution in [-0.2, 0) is 12.8 Å². The second-order valence-electron chi connectivity index (χ2n) is 5.55. The van der Waals surface area contributed by atoms with E-state index in [0.717, 1.165) is 49.0 Å². The van der Waals surface area contributed by atoms with Gasteiger partial charge >= 0.3 is 0 Å². The van der Waals surface area contributed by atoms with Gasteiger partial charge < -0.3 is 10.5 Å². The highest BCUT2D eigenvalue weighted by Gasteiger charge is 2.28. The van der Waals surface area contributed by atoms with Gasteiger partial charge in [0.25, 0.3) is 0 Å². The monoisotopic (exact) mass is 265 g/mol. The first kappa shape index (κ1) is 12.3. The lowest BCUT2D eigenvalue weighted by Crippen LogP contribution is -2.22. The SMILES string of the molecule is NC(CCCc1cc(Cl)cc2c1OCC2)C1CC1. The van der Waals surface area contributed by atoms with E-state index in [1.807, 2.05) is 12.1 Å². The Morgan fingerprint density at radius 2 is 2.22 bits per heavy atom. The summed E-state index contributed by atoms with van der Waals surface area (Å²) in [6, 6.07) is 4.48. The van der Waals surface area contributed by atoms with Crippen molar-refractivity contribution >= 4 is 11.6 Å². The number of hydrogen-bond donors (Lipinski definition) is 1. The first-order valence-corrected chi connectivity index (χ1v) is 7.31. The van der Waals surface area contributed by atoms with Gasteiger partial charge in [0.15, 0.2) is 0 Å². The minimum atomic E-state index is 0.401. The van der Waals surface area contributed by atoms with Crippen LogP contribution in [0.15, 0.2) is 12.1 Å². The van der Waals surface area contributed by atoms with Crippen LogP contribution in [0, 0.1) is 5.92 Å². The van der Waals surface area contributed by atoms with Gasteiger partial charge in [-0.15, -0.1) is 0 Å². The number of ether oxygens (including phenoxy) is 1. The van der Waals surface area contributed by atoms with E-state index in [-0.39, 0.29) is 0 Å². The third kappa shape index (κ3) is 2.65. The van der Waals surface area contributed by atoms with Crippen molar-refractivity contribution in [1.82, 2.24) is 0 Å². The molecule has 0 aromatic heterocycles. The van der Waals surface area contributed by atoms with Gasteiger partial charge in [-0.3, -0.25) is 0 Å². The van der Waals surface area contributed by atoms with Crippen LogP contribution < -0.4 is 10.5 Å². The number of benzene rings is 1. The standard InChI is InChI=1S/C15H20ClNO/c16-13-8-11(15-12(9-13)6-7-18-15)2-1-3-14(17)10-4-5-10/h8-10,14H,1-7,17H2. The molecule has 1 aromatic carbocycles. The van der Waals surface area contributed by atoms with E-state index in [0.29, 0.717) is 6.04 Å². The van der Waals surface area contributed by atoms with Crippen LogP contribution >= 0.6 is 11.6 Å². The van der Waals surface area contributed by atoms with E-state index in [1.54, 1.807) is 0 Å². The number of halogens is 1. The molecule has 0 saturated heterocycles. The summed E-state index contributed by atoms with van der Waals surface area (Å²) < 4.78 is 5.71. The highest BCUT2D eigenvalue weighted by molar-refractivity contribution is 6.30. The fourth-order valence-electron chi connectivity index (χ4n) is 2.82. The van der Waals surface area contributed by atoms with E-state index in [4.69, 9.17) is 22.1 Å². The molecule has 1 fully saturated rings. The molecule has 0 spiro atoms. The van der Waals surface area contributed by atoms with Crippen LogP contribution in [0.2, 0.25) is 5.02 Å². The fraction of sp³-hybridized carbons (Fsp3) is 0.600. The maximum absolute atomic E-state index is 6.15. The molecule has 3 rings (SSSR count). The van der Waals surface area contributed by atoms with Gasteiger partial charge in [-0.05, 0) is 61.3 Å². The van der Waals surface area contributed by atoms with Crippen LogP contribution in [0.25, 0.3) is 0 Å². The molecule has 0 bridgehead atoms. The van der Waals surface area contributed by atoms with Gasteiger partial charge in [-0.2, -0.15) is 0 Å². The molecule has 1 heterocycles. The van der Waals surface area contributed by atoms with Crippen molar-refractivity contribution < 1.29 is 4.74 Å². The second-order valence-corrected chi connectivity index (χ2v) is 5.98. The van der Waals surface area contributed by atoms with Crippen LogP contribution in [0.4, 0.5) is 0 Å². The lowest BCUT2D eigenvalue weighted by Gasteiger charge is -2.12. The van der Waals surface area contributed by atoms with Crippen molar-refractivity contribution in [3.8, 4) is 5.75 Å². The summed E-state index contributed by atoms with van der Waals surface area (Å²) in [5.74, 6) is 1.88. The van der Waals surface area contributed by atoms with E-state index in [9.17, 15) is 0 Å². The molecule has 0 amide bonds. The van der Waals surface area contributed by atoms with Gasteiger partial charge in [0, 0.05) is 17.5 Å². The number of aryl methyl sites for hydroxylation is 1. The first-order chi connectivity index (χ1) is 8.74. The zero-order chi connectivity index (χ0) is 12.5. The van der Waals surface area contributed by atoms with Crippen molar-refractivity contribution in [3.05, 3.63) is 28.3 Å². The smallest absolute Gasteiger partial charge is 0.125 e. The minimum Gasteiger partial charge on any atom is -0.493 e. The first-order valence-electron chi connectivity index (χ1n) is 6.94. The summed E-state index contributed by atoms with van der Waals surface area (Å²) in [5, 5.41) is 0.834. The third-order valence-electron chi connectivity index (χ3n) is 4.04. The topological polar surface area (TPSA) is 35.2 Å². The van der Waals surface area contributed by atoms with Gasteiger partial charge in [-0.1, -0.05) is 11.6 Å².